The Morgan fingerprint density at radius 3 is 0.879 bits per heavy atom. The summed E-state index contributed by atoms with van der Waals surface area (Å²) in [6, 6.07) is -5.89. The van der Waals surface area contributed by atoms with Gasteiger partial charge in [-0.3, -0.25) is 86.3 Å². The standard InChI is InChI=1S/C55H92N4O20.C48H82N4O18.2H2/c1-39(2)47(63)36-41(40(3)60)17-14-15-27-56-51(67)38-79-34-31-76-29-16-18-44(62)37-78-33-32-77-30-28-57-48(64)25-21-42(53(70)71)35-43(61)22-23-45(54(72)73)59-50(66)26-24-46(55(74)75)58-49(65)19-12-10-8-6-4-5-7-9-11-13-20-52(68)69;1-2-3-14-25-49-43(57)34-70-32-30-68-28-26-50-44(58)35-69-31-29-67-27-15-17-37(53)20-21-39(47(63)64)51-42(56)24-22-40(48(65)66)52-41(55)23-19-36(46(61)62)33-38(54)16-12-10-8-6-4-5-7-9-11-13-18-45(59)60;;/h39,41-42,45-46H,4-38H2,1-3H3,(H,56,67)(H,57,64)(H,58,65)(H,59,66)(H,68,69)(H,70,71)(H,72,73)(H,74,75);36,39-40H,2-35H2,1H3,(H,49,57)(H,50,58)(H,51,56)(H,52,55)(H,59,60)(H,61,62)(H,63,64)(H,65,66);2*1H/t41-,42-,45+,46+;36-,39+,40+;;/m11../s1. The van der Waals surface area contributed by atoms with Crippen LogP contribution in [0.5, 0.6) is 0 Å². The molecule has 0 spiro atoms. The molecule has 0 heterocycles. The average Bonchev–Trinajstić information content (AvgIpc) is 0.999. The third-order valence-electron chi connectivity index (χ3n) is 23.7. The molecule has 7 atom stereocenters. The first-order valence-electron chi connectivity index (χ1n) is 52.9. The number of carboxylic acid groups (broad SMARTS) is 8. The number of Topliss-reactive ketones (excluding diaryl/α,β-unsaturated/α-hetero) is 6. The molecule has 0 unspecified atom stereocenters. The first-order chi connectivity index (χ1) is 71.2. The van der Waals surface area contributed by atoms with Gasteiger partial charge in [0.05, 0.1) is 77.9 Å². The van der Waals surface area contributed by atoms with E-state index >= 15 is 0 Å². The van der Waals surface area contributed by atoms with Crippen molar-refractivity contribution in [1.82, 2.24) is 42.5 Å². The van der Waals surface area contributed by atoms with Crippen LogP contribution in [0.4, 0.5) is 0 Å². The van der Waals surface area contributed by atoms with Gasteiger partial charge in [-0.15, -0.1) is 0 Å². The highest BCUT2D eigenvalue weighted by atomic mass is 16.5. The lowest BCUT2D eigenvalue weighted by Crippen LogP contribution is -2.44. The third-order valence-corrected chi connectivity index (χ3v) is 23.7. The number of rotatable bonds is 105. The predicted molar refractivity (Wildman–Crippen MR) is 545 cm³/mol. The molecule has 0 bridgehead atoms. The molecule has 0 aromatic heterocycles. The highest BCUT2D eigenvalue weighted by molar-refractivity contribution is 5.91. The van der Waals surface area contributed by atoms with E-state index in [1.165, 1.54) is 6.92 Å². The Morgan fingerprint density at radius 2 is 0.517 bits per heavy atom. The van der Waals surface area contributed by atoms with Gasteiger partial charge in [0.2, 0.25) is 47.3 Å². The quantitative estimate of drug-likeness (QED) is 0.0253. The van der Waals surface area contributed by atoms with Gasteiger partial charge < -0.3 is 121 Å². The van der Waals surface area contributed by atoms with Crippen LogP contribution in [0.25, 0.3) is 0 Å². The second-order valence-electron chi connectivity index (χ2n) is 37.2. The Balaban J connectivity index is -0.00000142. The molecule has 8 amide bonds. The summed E-state index contributed by atoms with van der Waals surface area (Å²) in [6.45, 7) is 10.5. The number of aliphatic carboxylic acids is 8. The Kier molecular flexibility index (Phi) is 88.9. The van der Waals surface area contributed by atoms with Crippen LogP contribution in [0.2, 0.25) is 0 Å². The molecule has 0 saturated heterocycles. The molecule has 46 nitrogen and oxygen atoms in total. The normalized spacial score (nSPS) is 12.5. The van der Waals surface area contributed by atoms with Crippen molar-refractivity contribution in [3.05, 3.63) is 0 Å². The topological polar surface area (TPSA) is 707 Å². The van der Waals surface area contributed by atoms with E-state index in [9.17, 15) is 136 Å². The van der Waals surface area contributed by atoms with Crippen LogP contribution in [-0.4, -0.2) is 327 Å². The molecule has 0 aliphatic rings. The molecule has 0 aromatic rings. The number of unbranched alkanes of at least 4 members (excludes halogenated alkanes) is 21. The maximum absolute atomic E-state index is 12.7. The molecule has 0 aliphatic carbocycles. The molecule has 16 N–H and O–H groups in total. The van der Waals surface area contributed by atoms with E-state index in [4.69, 9.17) is 48.1 Å². The zero-order valence-corrected chi connectivity index (χ0v) is 88.2. The van der Waals surface area contributed by atoms with Gasteiger partial charge in [-0.2, -0.15) is 0 Å². The Labute approximate surface area is 877 Å². The van der Waals surface area contributed by atoms with Gasteiger partial charge in [-0.1, -0.05) is 143 Å². The number of carboxylic acids is 8. The van der Waals surface area contributed by atoms with Gasteiger partial charge in [0.1, 0.15) is 79.5 Å². The maximum atomic E-state index is 12.7. The van der Waals surface area contributed by atoms with Gasteiger partial charge in [0.25, 0.3) is 0 Å². The number of amides is 8. The van der Waals surface area contributed by atoms with Crippen LogP contribution < -0.4 is 42.5 Å². The summed E-state index contributed by atoms with van der Waals surface area (Å²) in [5.41, 5.74) is 0. The molecule has 0 radical (unpaired) electrons. The number of hydrogen-bond donors (Lipinski definition) is 16. The number of carbonyl (C=O) groups is 22. The van der Waals surface area contributed by atoms with Crippen molar-refractivity contribution in [3.63, 3.8) is 0 Å². The van der Waals surface area contributed by atoms with Crippen LogP contribution in [0, 0.1) is 23.7 Å². The lowest BCUT2D eigenvalue weighted by Gasteiger charge is -2.17. The van der Waals surface area contributed by atoms with Crippen molar-refractivity contribution in [1.29, 1.82) is 0 Å². The van der Waals surface area contributed by atoms with Crippen molar-refractivity contribution in [3.8, 4) is 0 Å². The molecular weight excluding hydrogens is 1960 g/mol. The van der Waals surface area contributed by atoms with Crippen molar-refractivity contribution in [2.45, 2.75) is 366 Å². The van der Waals surface area contributed by atoms with Crippen molar-refractivity contribution in [2.24, 2.45) is 23.7 Å². The van der Waals surface area contributed by atoms with Gasteiger partial charge in [-0.05, 0) is 103 Å². The van der Waals surface area contributed by atoms with Crippen LogP contribution >= 0.6 is 0 Å². The SMILES string of the molecule is CC(=O)[C@H](CCCCNC(=O)COCCOCCCC(=O)COCCOCCNC(=O)CC[C@H](CC(=O)CC[C@H](NC(=O)CC[C@H](NC(=O)CCCCCCCCCCCCC(=O)O)C(=O)O)C(=O)O)C(=O)O)CC(=O)C(C)C.CCCCCNC(=O)COCCOCCNC(=O)COCCOCCCC(=O)CC[C@H](NC(=O)CC[C@H](NC(=O)CC[C@H](CC(=O)CCCCCCCCCCCCC(=O)O)C(=O)O)C(=O)O)C(=O)O.[HH].[HH]. The summed E-state index contributed by atoms with van der Waals surface area (Å²) in [7, 11) is 0. The van der Waals surface area contributed by atoms with E-state index in [-0.39, 0.29) is 276 Å². The largest absolute Gasteiger partial charge is 0.481 e. The minimum Gasteiger partial charge on any atom is -0.481 e. The van der Waals surface area contributed by atoms with E-state index in [0.29, 0.717) is 77.5 Å². The third kappa shape index (κ3) is 89.7. The Hall–Kier alpha value is -10.8. The van der Waals surface area contributed by atoms with E-state index in [0.717, 1.165) is 122 Å². The summed E-state index contributed by atoms with van der Waals surface area (Å²) in [5, 5.41) is 95.0. The van der Waals surface area contributed by atoms with E-state index in [2.05, 4.69) is 49.5 Å². The number of nitrogens with one attached hydrogen (secondary N) is 8. The first kappa shape index (κ1) is 140. The van der Waals surface area contributed by atoms with Crippen LogP contribution in [0.1, 0.15) is 345 Å². The van der Waals surface area contributed by atoms with E-state index in [1.54, 1.807) is 0 Å². The zero-order chi connectivity index (χ0) is 111. The second-order valence-corrected chi connectivity index (χ2v) is 37.2. The molecule has 0 rings (SSSR count). The monoisotopic (exact) mass is 2140 g/mol. The van der Waals surface area contributed by atoms with Gasteiger partial charge in [0.15, 0.2) is 5.78 Å². The molecule has 46 heteroatoms. The van der Waals surface area contributed by atoms with Crippen LogP contribution in [0.3, 0.4) is 0 Å². The molecule has 0 fully saturated rings. The number of ether oxygens (including phenoxy) is 8. The van der Waals surface area contributed by atoms with Crippen LogP contribution in [-0.2, 0) is 143 Å². The molecular formula is C103H178N8O38. The smallest absolute Gasteiger partial charge is 0.326 e. The van der Waals surface area contributed by atoms with Crippen molar-refractivity contribution < 1.29 is 187 Å². The fourth-order valence-electron chi connectivity index (χ4n) is 14.8. The lowest BCUT2D eigenvalue weighted by molar-refractivity contribution is -0.145. The van der Waals surface area contributed by atoms with E-state index in [1.807, 2.05) is 13.8 Å². The van der Waals surface area contributed by atoms with E-state index < -0.39 is 151 Å². The highest BCUT2D eigenvalue weighted by Gasteiger charge is 2.31. The molecule has 858 valence electrons. The average molecular weight is 2140 g/mol. The maximum Gasteiger partial charge on any atom is 0.326 e. The lowest BCUT2D eigenvalue weighted by atomic mass is 9.89. The zero-order valence-electron chi connectivity index (χ0n) is 88.2. The summed E-state index contributed by atoms with van der Waals surface area (Å²) >= 11 is 0. The fraction of sp³-hybridized carbons (Fsp3) is 0.786. The predicted octanol–water partition coefficient (Wildman–Crippen LogP) is 8.75. The summed E-state index contributed by atoms with van der Waals surface area (Å²) in [5.74, 6) is -18.0. The van der Waals surface area contributed by atoms with Gasteiger partial charge in [0, 0.05) is 150 Å². The minimum atomic E-state index is -1.54. The summed E-state index contributed by atoms with van der Waals surface area (Å²) in [4.78, 5) is 264. The second kappa shape index (κ2) is 94.4. The van der Waals surface area contributed by atoms with Gasteiger partial charge >= 0.3 is 47.8 Å². The van der Waals surface area contributed by atoms with Crippen molar-refractivity contribution >= 4 is 130 Å². The highest BCUT2D eigenvalue weighted by Crippen LogP contribution is 2.22. The first-order valence-corrected chi connectivity index (χ1v) is 52.9. The number of ketones is 6. The van der Waals surface area contributed by atoms with Crippen LogP contribution in [0.15, 0.2) is 0 Å². The molecule has 149 heavy (non-hydrogen) atoms. The summed E-state index contributed by atoms with van der Waals surface area (Å²) < 4.78 is 42.8. The molecule has 0 aromatic carbocycles. The Morgan fingerprint density at radius 1 is 0.228 bits per heavy atom. The van der Waals surface area contributed by atoms with Gasteiger partial charge in [-0.25, -0.2) is 19.2 Å². The number of hydrogen-bond acceptors (Lipinski definition) is 30. The molecule has 0 saturated carbocycles. The molecule has 0 aliphatic heterocycles. The fourth-order valence-corrected chi connectivity index (χ4v) is 14.8. The summed E-state index contributed by atoms with van der Waals surface area (Å²) in [6.07, 6.45) is 20.7. The Bertz CT molecular complexity index is 3900. The number of carbonyl (C=O) groups excluding carboxylic acids is 14. The van der Waals surface area contributed by atoms with Crippen molar-refractivity contribution in [2.75, 3.05) is 132 Å². The minimum absolute atomic E-state index is 0.